The highest BCUT2D eigenvalue weighted by Crippen LogP contribution is 2.30. The summed E-state index contributed by atoms with van der Waals surface area (Å²) in [4.78, 5) is 5.30. The van der Waals surface area contributed by atoms with E-state index in [1.165, 1.54) is 11.3 Å². The molecule has 0 bridgehead atoms. The Labute approximate surface area is 118 Å². The lowest BCUT2D eigenvalue weighted by molar-refractivity contribution is 0.325. The van der Waals surface area contributed by atoms with Crippen molar-refractivity contribution in [1.82, 2.24) is 9.55 Å². The van der Waals surface area contributed by atoms with Crippen molar-refractivity contribution in [1.29, 1.82) is 0 Å². The Bertz CT molecular complexity index is 540. The molecule has 2 aromatic rings. The quantitative estimate of drug-likeness (QED) is 0.769. The summed E-state index contributed by atoms with van der Waals surface area (Å²) < 4.78 is 2.22. The van der Waals surface area contributed by atoms with Gasteiger partial charge >= 0.3 is 0 Å². The van der Waals surface area contributed by atoms with E-state index in [0.29, 0.717) is 4.83 Å². The third-order valence-corrected chi connectivity index (χ3v) is 3.67. The van der Waals surface area contributed by atoms with Crippen LogP contribution in [-0.2, 0) is 13.5 Å². The lowest BCUT2D eigenvalue weighted by atomic mass is 9.84. The van der Waals surface area contributed by atoms with Gasteiger partial charge in [0.15, 0.2) is 0 Å². The van der Waals surface area contributed by atoms with E-state index in [2.05, 4.69) is 66.5 Å². The van der Waals surface area contributed by atoms with E-state index in [0.717, 1.165) is 18.4 Å². The highest BCUT2D eigenvalue weighted by Gasteiger charge is 2.23. The molecule has 0 radical (unpaired) electrons. The molecule has 0 saturated heterocycles. The van der Waals surface area contributed by atoms with Gasteiger partial charge in [-0.1, -0.05) is 48.8 Å². The van der Waals surface area contributed by atoms with Gasteiger partial charge in [-0.2, -0.15) is 0 Å². The average Bonchev–Trinajstić information content (AvgIpc) is 2.54. The zero-order valence-electron chi connectivity index (χ0n) is 11.6. The van der Waals surface area contributed by atoms with Crippen molar-refractivity contribution in [3.63, 3.8) is 0 Å². The summed E-state index contributed by atoms with van der Waals surface area (Å²) in [5.41, 5.74) is 2.57. The molecule has 2 rings (SSSR count). The van der Waals surface area contributed by atoms with Crippen molar-refractivity contribution in [2.24, 2.45) is 12.5 Å². The summed E-state index contributed by atoms with van der Waals surface area (Å²) in [6.45, 7) is 6.82. The standard InChI is InChI=1S/C15H21BrN2/c1-11(16)9-15(2,3)10-14-17-12-7-5-6-8-13(12)18(14)4/h5-8,11H,9-10H2,1-4H3. The Hall–Kier alpha value is -0.830. The second kappa shape index (κ2) is 5.04. The number of halogens is 1. The molecule has 0 saturated carbocycles. The van der Waals surface area contributed by atoms with Gasteiger partial charge in [0, 0.05) is 18.3 Å². The number of benzene rings is 1. The number of imidazole rings is 1. The molecular formula is C15H21BrN2. The molecule has 0 spiro atoms. The van der Waals surface area contributed by atoms with Crippen LogP contribution >= 0.6 is 15.9 Å². The molecule has 1 heterocycles. The second-order valence-corrected chi connectivity index (χ2v) is 7.46. The zero-order chi connectivity index (χ0) is 13.3. The molecule has 0 aliphatic rings. The Balaban J connectivity index is 2.29. The number of fused-ring (bicyclic) bond motifs is 1. The predicted molar refractivity (Wildman–Crippen MR) is 81.2 cm³/mol. The minimum atomic E-state index is 0.262. The van der Waals surface area contributed by atoms with Gasteiger partial charge in [-0.3, -0.25) is 0 Å². The molecule has 18 heavy (non-hydrogen) atoms. The van der Waals surface area contributed by atoms with Crippen LogP contribution in [0.25, 0.3) is 11.0 Å². The van der Waals surface area contributed by atoms with Crippen LogP contribution in [0.5, 0.6) is 0 Å². The first-order chi connectivity index (χ1) is 8.39. The summed E-state index contributed by atoms with van der Waals surface area (Å²) >= 11 is 3.65. The van der Waals surface area contributed by atoms with Crippen LogP contribution in [-0.4, -0.2) is 14.4 Å². The van der Waals surface area contributed by atoms with Gasteiger partial charge < -0.3 is 4.57 Å². The number of hydrogen-bond acceptors (Lipinski definition) is 1. The Morgan fingerprint density at radius 3 is 2.61 bits per heavy atom. The van der Waals surface area contributed by atoms with Crippen molar-refractivity contribution >= 4 is 27.0 Å². The fraction of sp³-hybridized carbons (Fsp3) is 0.533. The molecule has 1 atom stereocenters. The number of rotatable bonds is 4. The van der Waals surface area contributed by atoms with Crippen LogP contribution in [0.2, 0.25) is 0 Å². The van der Waals surface area contributed by atoms with Gasteiger partial charge in [0.25, 0.3) is 0 Å². The summed E-state index contributed by atoms with van der Waals surface area (Å²) in [5.74, 6) is 1.18. The van der Waals surface area contributed by atoms with Gasteiger partial charge in [0.1, 0.15) is 5.82 Å². The summed E-state index contributed by atoms with van der Waals surface area (Å²) in [6, 6.07) is 8.33. The lowest BCUT2D eigenvalue weighted by Crippen LogP contribution is -2.20. The molecule has 98 valence electrons. The topological polar surface area (TPSA) is 17.8 Å². The highest BCUT2D eigenvalue weighted by molar-refractivity contribution is 9.09. The lowest BCUT2D eigenvalue weighted by Gasteiger charge is -2.25. The molecular weight excluding hydrogens is 288 g/mol. The Kier molecular flexibility index (Phi) is 3.81. The maximum absolute atomic E-state index is 4.75. The third kappa shape index (κ3) is 2.94. The van der Waals surface area contributed by atoms with Crippen LogP contribution in [0.15, 0.2) is 24.3 Å². The molecule has 1 aromatic heterocycles. The van der Waals surface area contributed by atoms with Crippen molar-refractivity contribution < 1.29 is 0 Å². The number of nitrogens with zero attached hydrogens (tertiary/aromatic N) is 2. The monoisotopic (exact) mass is 308 g/mol. The largest absolute Gasteiger partial charge is 0.331 e. The number of aromatic nitrogens is 2. The maximum Gasteiger partial charge on any atom is 0.110 e. The number of hydrogen-bond donors (Lipinski definition) is 0. The van der Waals surface area contributed by atoms with Crippen molar-refractivity contribution in [2.75, 3.05) is 0 Å². The minimum Gasteiger partial charge on any atom is -0.331 e. The van der Waals surface area contributed by atoms with Crippen LogP contribution in [0.3, 0.4) is 0 Å². The molecule has 0 amide bonds. The second-order valence-electron chi connectivity index (χ2n) is 5.90. The number of aryl methyl sites for hydroxylation is 1. The molecule has 0 fully saturated rings. The van der Waals surface area contributed by atoms with E-state index in [1.807, 2.05) is 6.07 Å². The van der Waals surface area contributed by atoms with Gasteiger partial charge in [-0.15, -0.1) is 0 Å². The van der Waals surface area contributed by atoms with E-state index in [1.54, 1.807) is 0 Å². The normalized spacial score (nSPS) is 14.1. The highest BCUT2D eigenvalue weighted by atomic mass is 79.9. The SMILES string of the molecule is CC(Br)CC(C)(C)Cc1nc2ccccc2n1C. The average molecular weight is 309 g/mol. The predicted octanol–water partition coefficient (Wildman–Crippen LogP) is 4.32. The van der Waals surface area contributed by atoms with Gasteiger partial charge in [0.2, 0.25) is 0 Å². The van der Waals surface area contributed by atoms with E-state index >= 15 is 0 Å². The van der Waals surface area contributed by atoms with Gasteiger partial charge in [-0.25, -0.2) is 4.98 Å². The van der Waals surface area contributed by atoms with Gasteiger partial charge in [-0.05, 0) is 24.0 Å². The molecule has 1 aromatic carbocycles. The summed E-state index contributed by atoms with van der Waals surface area (Å²) in [7, 11) is 2.11. The molecule has 0 aliphatic carbocycles. The number of para-hydroxylation sites is 2. The summed E-state index contributed by atoms with van der Waals surface area (Å²) in [6.07, 6.45) is 2.16. The van der Waals surface area contributed by atoms with Gasteiger partial charge in [0.05, 0.1) is 11.0 Å². The summed E-state index contributed by atoms with van der Waals surface area (Å²) in [5, 5.41) is 0. The molecule has 0 aliphatic heterocycles. The molecule has 0 N–H and O–H groups in total. The van der Waals surface area contributed by atoms with Crippen LogP contribution in [0, 0.1) is 5.41 Å². The van der Waals surface area contributed by atoms with Crippen LogP contribution < -0.4 is 0 Å². The van der Waals surface area contributed by atoms with Crippen LogP contribution in [0.4, 0.5) is 0 Å². The molecule has 2 nitrogen and oxygen atoms in total. The van der Waals surface area contributed by atoms with E-state index < -0.39 is 0 Å². The first kappa shape index (κ1) is 13.6. The first-order valence-corrected chi connectivity index (χ1v) is 7.35. The smallest absolute Gasteiger partial charge is 0.110 e. The van der Waals surface area contributed by atoms with Crippen molar-refractivity contribution in [3.05, 3.63) is 30.1 Å². The Morgan fingerprint density at radius 2 is 2.00 bits per heavy atom. The first-order valence-electron chi connectivity index (χ1n) is 6.43. The Morgan fingerprint density at radius 1 is 1.33 bits per heavy atom. The maximum atomic E-state index is 4.75. The van der Waals surface area contributed by atoms with Crippen molar-refractivity contribution in [2.45, 2.75) is 38.4 Å². The number of alkyl halides is 1. The molecule has 1 unspecified atom stereocenters. The van der Waals surface area contributed by atoms with Crippen molar-refractivity contribution in [3.8, 4) is 0 Å². The zero-order valence-corrected chi connectivity index (χ0v) is 13.2. The van der Waals surface area contributed by atoms with E-state index in [4.69, 9.17) is 4.98 Å². The fourth-order valence-electron chi connectivity index (χ4n) is 2.62. The van der Waals surface area contributed by atoms with Crippen LogP contribution in [0.1, 0.15) is 33.0 Å². The van der Waals surface area contributed by atoms with E-state index in [-0.39, 0.29) is 5.41 Å². The third-order valence-electron chi connectivity index (χ3n) is 3.35. The minimum absolute atomic E-state index is 0.262. The van der Waals surface area contributed by atoms with E-state index in [9.17, 15) is 0 Å². The fourth-order valence-corrected chi connectivity index (χ4v) is 3.49. The molecule has 3 heteroatoms.